The normalized spacial score (nSPS) is 29.0. The van der Waals surface area contributed by atoms with E-state index in [9.17, 15) is 0 Å². The number of hydrogen-bond donors (Lipinski definition) is 0. The van der Waals surface area contributed by atoms with Gasteiger partial charge in [-0.3, -0.25) is 4.90 Å². The molecule has 3 nitrogen and oxygen atoms in total. The van der Waals surface area contributed by atoms with Crippen LogP contribution in [0.1, 0.15) is 19.8 Å². The number of hydrogen-bond acceptors (Lipinski definition) is 3. The summed E-state index contributed by atoms with van der Waals surface area (Å²) in [5.41, 5.74) is 0. The maximum Gasteiger partial charge on any atom is 0.0672 e. The van der Waals surface area contributed by atoms with Crippen LogP contribution in [0.4, 0.5) is 0 Å². The Kier molecular flexibility index (Phi) is 4.20. The molecule has 0 radical (unpaired) electrons. The van der Waals surface area contributed by atoms with Gasteiger partial charge in [-0.25, -0.2) is 0 Å². The third kappa shape index (κ3) is 2.68. The average molecular weight is 182 g/mol. The molecular formula is C10H18N2O. The van der Waals surface area contributed by atoms with Crippen LogP contribution < -0.4 is 0 Å². The van der Waals surface area contributed by atoms with E-state index in [0.29, 0.717) is 6.04 Å². The highest BCUT2D eigenvalue weighted by Crippen LogP contribution is 2.22. The Morgan fingerprint density at radius 2 is 2.38 bits per heavy atom. The first-order valence-corrected chi connectivity index (χ1v) is 4.92. The van der Waals surface area contributed by atoms with Crippen molar-refractivity contribution in [2.24, 2.45) is 5.92 Å². The average Bonchev–Trinajstić information content (AvgIpc) is 2.48. The van der Waals surface area contributed by atoms with Crippen LogP contribution in [0.15, 0.2) is 0 Å². The molecule has 1 fully saturated rings. The Labute approximate surface area is 80.3 Å². The highest BCUT2D eigenvalue weighted by molar-refractivity contribution is 4.96. The summed E-state index contributed by atoms with van der Waals surface area (Å²) in [6.07, 6.45) is 2.10. The van der Waals surface area contributed by atoms with E-state index in [0.717, 1.165) is 32.5 Å². The number of nitriles is 1. The molecule has 13 heavy (non-hydrogen) atoms. The molecule has 0 N–H and O–H groups in total. The molecule has 3 heteroatoms. The zero-order valence-corrected chi connectivity index (χ0v) is 8.49. The second-order valence-electron chi connectivity index (χ2n) is 3.65. The number of rotatable bonds is 4. The van der Waals surface area contributed by atoms with Gasteiger partial charge >= 0.3 is 0 Å². The maximum atomic E-state index is 8.82. The van der Waals surface area contributed by atoms with Gasteiger partial charge in [0.1, 0.15) is 0 Å². The largest absolute Gasteiger partial charge is 0.385 e. The minimum atomic E-state index is 0.238. The molecule has 0 bridgehead atoms. The van der Waals surface area contributed by atoms with Crippen LogP contribution >= 0.6 is 0 Å². The Balaban J connectivity index is 2.25. The molecule has 0 aliphatic carbocycles. The summed E-state index contributed by atoms with van der Waals surface area (Å²) in [6.45, 7) is 5.10. The summed E-state index contributed by atoms with van der Waals surface area (Å²) >= 11 is 0. The van der Waals surface area contributed by atoms with Crippen molar-refractivity contribution in [2.75, 3.05) is 26.8 Å². The molecule has 1 heterocycles. The monoisotopic (exact) mass is 182 g/mol. The number of nitrogens with zero attached hydrogens (tertiary/aromatic N) is 2. The van der Waals surface area contributed by atoms with Gasteiger partial charge in [0.15, 0.2) is 0 Å². The summed E-state index contributed by atoms with van der Waals surface area (Å²) in [5, 5.41) is 8.82. The van der Waals surface area contributed by atoms with Crippen molar-refractivity contribution < 1.29 is 4.74 Å². The van der Waals surface area contributed by atoms with E-state index in [1.165, 1.54) is 0 Å². The molecule has 1 aliphatic rings. The number of likely N-dealkylation sites (tertiary alicyclic amines) is 1. The standard InChI is InChI=1S/C10H18N2O/c1-9-10(8-11)4-6-12(9)5-3-7-13-2/h9-10H,3-7H2,1-2H3. The highest BCUT2D eigenvalue weighted by Gasteiger charge is 2.29. The Hall–Kier alpha value is -0.590. The van der Waals surface area contributed by atoms with Crippen molar-refractivity contribution in [1.29, 1.82) is 5.26 Å². The van der Waals surface area contributed by atoms with Gasteiger partial charge in [-0.1, -0.05) is 0 Å². The third-order valence-electron chi connectivity index (χ3n) is 2.85. The second kappa shape index (κ2) is 5.21. The van der Waals surface area contributed by atoms with Crippen LogP contribution in [0.3, 0.4) is 0 Å². The minimum absolute atomic E-state index is 0.238. The predicted octanol–water partition coefficient (Wildman–Crippen LogP) is 1.26. The zero-order valence-electron chi connectivity index (χ0n) is 8.49. The van der Waals surface area contributed by atoms with Crippen LogP contribution in [-0.4, -0.2) is 37.7 Å². The number of methoxy groups -OCH3 is 1. The fourth-order valence-corrected chi connectivity index (χ4v) is 1.90. The van der Waals surface area contributed by atoms with Gasteiger partial charge in [0, 0.05) is 26.3 Å². The molecule has 1 rings (SSSR count). The van der Waals surface area contributed by atoms with Crippen LogP contribution in [0, 0.1) is 17.2 Å². The summed E-state index contributed by atoms with van der Waals surface area (Å²) in [4.78, 5) is 2.38. The van der Waals surface area contributed by atoms with E-state index in [2.05, 4.69) is 17.9 Å². The van der Waals surface area contributed by atoms with Crippen LogP contribution in [0.2, 0.25) is 0 Å². The summed E-state index contributed by atoms with van der Waals surface area (Å²) in [7, 11) is 1.73. The van der Waals surface area contributed by atoms with Crippen molar-refractivity contribution in [3.8, 4) is 6.07 Å². The van der Waals surface area contributed by atoms with Crippen molar-refractivity contribution in [3.05, 3.63) is 0 Å². The van der Waals surface area contributed by atoms with E-state index in [1.54, 1.807) is 7.11 Å². The molecule has 0 amide bonds. The van der Waals surface area contributed by atoms with Crippen LogP contribution in [0.25, 0.3) is 0 Å². The smallest absolute Gasteiger partial charge is 0.0672 e. The van der Waals surface area contributed by atoms with Crippen molar-refractivity contribution in [2.45, 2.75) is 25.8 Å². The molecule has 2 atom stereocenters. The fraction of sp³-hybridized carbons (Fsp3) is 0.900. The molecule has 0 aromatic carbocycles. The molecule has 0 aromatic heterocycles. The van der Waals surface area contributed by atoms with E-state index in [-0.39, 0.29) is 5.92 Å². The van der Waals surface area contributed by atoms with Gasteiger partial charge in [-0.2, -0.15) is 5.26 Å². The Bertz CT molecular complexity index is 188. The van der Waals surface area contributed by atoms with Crippen molar-refractivity contribution >= 4 is 0 Å². The Morgan fingerprint density at radius 3 is 2.92 bits per heavy atom. The molecule has 0 aromatic rings. The highest BCUT2D eigenvalue weighted by atomic mass is 16.5. The fourth-order valence-electron chi connectivity index (χ4n) is 1.90. The van der Waals surface area contributed by atoms with Gasteiger partial charge in [0.05, 0.1) is 12.0 Å². The predicted molar refractivity (Wildman–Crippen MR) is 51.2 cm³/mol. The van der Waals surface area contributed by atoms with Crippen molar-refractivity contribution in [3.63, 3.8) is 0 Å². The lowest BCUT2D eigenvalue weighted by atomic mass is 10.0. The Morgan fingerprint density at radius 1 is 1.62 bits per heavy atom. The minimum Gasteiger partial charge on any atom is -0.385 e. The summed E-state index contributed by atoms with van der Waals surface area (Å²) in [5.74, 6) is 0.238. The first-order chi connectivity index (χ1) is 6.29. The van der Waals surface area contributed by atoms with E-state index in [4.69, 9.17) is 10.00 Å². The SMILES string of the molecule is COCCCN1CCC(C#N)C1C. The lowest BCUT2D eigenvalue weighted by molar-refractivity contribution is 0.167. The topological polar surface area (TPSA) is 36.3 Å². The van der Waals surface area contributed by atoms with E-state index < -0.39 is 0 Å². The molecule has 2 unspecified atom stereocenters. The van der Waals surface area contributed by atoms with Gasteiger partial charge in [0.2, 0.25) is 0 Å². The van der Waals surface area contributed by atoms with Crippen LogP contribution in [-0.2, 0) is 4.74 Å². The molecule has 1 saturated heterocycles. The molecule has 0 spiro atoms. The van der Waals surface area contributed by atoms with Gasteiger partial charge < -0.3 is 4.74 Å². The summed E-state index contributed by atoms with van der Waals surface area (Å²) in [6, 6.07) is 2.79. The van der Waals surface area contributed by atoms with Gasteiger partial charge in [-0.15, -0.1) is 0 Å². The molecule has 1 aliphatic heterocycles. The third-order valence-corrected chi connectivity index (χ3v) is 2.85. The van der Waals surface area contributed by atoms with Crippen molar-refractivity contribution in [1.82, 2.24) is 4.90 Å². The first-order valence-electron chi connectivity index (χ1n) is 4.92. The van der Waals surface area contributed by atoms with Crippen LogP contribution in [0.5, 0.6) is 0 Å². The lowest BCUT2D eigenvalue weighted by Crippen LogP contribution is -2.31. The van der Waals surface area contributed by atoms with E-state index >= 15 is 0 Å². The van der Waals surface area contributed by atoms with Gasteiger partial charge in [-0.05, 0) is 26.3 Å². The molecule has 0 saturated carbocycles. The maximum absolute atomic E-state index is 8.82. The number of ether oxygens (including phenoxy) is 1. The van der Waals surface area contributed by atoms with E-state index in [1.807, 2.05) is 0 Å². The summed E-state index contributed by atoms with van der Waals surface area (Å²) < 4.78 is 5.00. The zero-order chi connectivity index (χ0) is 9.68. The van der Waals surface area contributed by atoms with Gasteiger partial charge in [0.25, 0.3) is 0 Å². The quantitative estimate of drug-likeness (QED) is 0.614. The first kappa shape index (κ1) is 10.5. The second-order valence-corrected chi connectivity index (χ2v) is 3.65. The lowest BCUT2D eigenvalue weighted by Gasteiger charge is -2.21. The molecule has 74 valence electrons. The molecular weight excluding hydrogens is 164 g/mol.